The molecule has 0 amide bonds. The Balaban J connectivity index is 2.99. The van der Waals surface area contributed by atoms with Crippen molar-refractivity contribution in [3.8, 4) is 5.75 Å². The minimum atomic E-state index is -0.402. The molecule has 1 N–H and O–H groups in total. The zero-order valence-electron chi connectivity index (χ0n) is 9.08. The average molecular weight is 194 g/mol. The summed E-state index contributed by atoms with van der Waals surface area (Å²) in [7, 11) is 0. The smallest absolute Gasteiger partial charge is 0.119 e. The van der Waals surface area contributed by atoms with Crippen molar-refractivity contribution in [1.82, 2.24) is 0 Å². The fourth-order valence-electron chi connectivity index (χ4n) is 1.55. The van der Waals surface area contributed by atoms with Gasteiger partial charge in [0.1, 0.15) is 5.75 Å². The zero-order chi connectivity index (χ0) is 10.6. The number of ether oxygens (including phenoxy) is 1. The maximum Gasteiger partial charge on any atom is 0.119 e. The Morgan fingerprint density at radius 2 is 2.07 bits per heavy atom. The third-order valence-corrected chi connectivity index (χ3v) is 2.26. The van der Waals surface area contributed by atoms with Crippen LogP contribution in [0.15, 0.2) is 18.2 Å². The van der Waals surface area contributed by atoms with Crippen molar-refractivity contribution in [2.24, 2.45) is 0 Å². The molecule has 1 aromatic carbocycles. The Kier molecular flexibility index (Phi) is 3.96. The van der Waals surface area contributed by atoms with Crippen molar-refractivity contribution >= 4 is 0 Å². The summed E-state index contributed by atoms with van der Waals surface area (Å²) in [6.45, 7) is 6.51. The molecule has 1 unspecified atom stereocenters. The van der Waals surface area contributed by atoms with Gasteiger partial charge in [0.15, 0.2) is 0 Å². The summed E-state index contributed by atoms with van der Waals surface area (Å²) in [6, 6.07) is 5.85. The Morgan fingerprint density at radius 3 is 2.57 bits per heavy atom. The molecule has 78 valence electrons. The maximum atomic E-state index is 9.52. The number of hydrogen-bond donors (Lipinski definition) is 1. The summed E-state index contributed by atoms with van der Waals surface area (Å²) in [6.07, 6.45) is 0.516. The van der Waals surface area contributed by atoms with E-state index in [4.69, 9.17) is 4.74 Å². The standard InChI is InChI=1S/C12H18O2/c1-4-10-8-11(14-5-2)6-7-12(10)9(3)13/h6-9,13H,4-5H2,1-3H3. The van der Waals surface area contributed by atoms with Crippen LogP contribution < -0.4 is 4.74 Å². The normalized spacial score (nSPS) is 12.6. The first-order chi connectivity index (χ1) is 6.69. The van der Waals surface area contributed by atoms with Gasteiger partial charge in [-0.3, -0.25) is 0 Å². The SMILES string of the molecule is CCOc1ccc(C(C)O)c(CC)c1. The number of rotatable bonds is 4. The van der Waals surface area contributed by atoms with Crippen LogP contribution in [0.1, 0.15) is 38.0 Å². The molecule has 0 aromatic heterocycles. The van der Waals surface area contributed by atoms with E-state index in [0.717, 1.165) is 23.3 Å². The molecule has 2 nitrogen and oxygen atoms in total. The van der Waals surface area contributed by atoms with Crippen LogP contribution in [-0.4, -0.2) is 11.7 Å². The van der Waals surface area contributed by atoms with Gasteiger partial charge in [-0.2, -0.15) is 0 Å². The third kappa shape index (κ3) is 2.48. The van der Waals surface area contributed by atoms with E-state index in [9.17, 15) is 5.11 Å². The summed E-state index contributed by atoms with van der Waals surface area (Å²) < 4.78 is 5.40. The van der Waals surface area contributed by atoms with Crippen LogP contribution in [0, 0.1) is 0 Å². The van der Waals surface area contributed by atoms with Crippen molar-refractivity contribution in [1.29, 1.82) is 0 Å². The second-order valence-corrected chi connectivity index (χ2v) is 3.32. The molecular weight excluding hydrogens is 176 g/mol. The van der Waals surface area contributed by atoms with Gasteiger partial charge in [-0.05, 0) is 43.5 Å². The summed E-state index contributed by atoms with van der Waals surface area (Å²) in [4.78, 5) is 0. The van der Waals surface area contributed by atoms with E-state index in [0.29, 0.717) is 6.61 Å². The third-order valence-electron chi connectivity index (χ3n) is 2.26. The van der Waals surface area contributed by atoms with Gasteiger partial charge >= 0.3 is 0 Å². The summed E-state index contributed by atoms with van der Waals surface area (Å²) in [5.74, 6) is 0.883. The number of benzene rings is 1. The Bertz CT molecular complexity index is 292. The second kappa shape index (κ2) is 5.01. The van der Waals surface area contributed by atoms with Gasteiger partial charge in [-0.25, -0.2) is 0 Å². The lowest BCUT2D eigenvalue weighted by atomic mass is 10.0. The lowest BCUT2D eigenvalue weighted by Crippen LogP contribution is -1.99. The molecule has 1 aromatic rings. The van der Waals surface area contributed by atoms with E-state index in [1.165, 1.54) is 0 Å². The molecule has 0 radical (unpaired) electrons. The molecule has 1 rings (SSSR count). The molecule has 0 fully saturated rings. The summed E-state index contributed by atoms with van der Waals surface area (Å²) in [5, 5.41) is 9.52. The molecule has 0 aliphatic rings. The van der Waals surface area contributed by atoms with E-state index in [-0.39, 0.29) is 0 Å². The van der Waals surface area contributed by atoms with Gasteiger partial charge in [0, 0.05) is 0 Å². The molecule has 0 spiro atoms. The molecular formula is C12H18O2. The number of aliphatic hydroxyl groups excluding tert-OH is 1. The van der Waals surface area contributed by atoms with E-state index in [1.807, 2.05) is 25.1 Å². The van der Waals surface area contributed by atoms with E-state index < -0.39 is 6.10 Å². The molecule has 0 aliphatic heterocycles. The highest BCUT2D eigenvalue weighted by Gasteiger charge is 2.07. The topological polar surface area (TPSA) is 29.5 Å². The summed E-state index contributed by atoms with van der Waals surface area (Å²) >= 11 is 0. The van der Waals surface area contributed by atoms with Gasteiger partial charge in [0.2, 0.25) is 0 Å². The van der Waals surface area contributed by atoms with Crippen LogP contribution >= 0.6 is 0 Å². The monoisotopic (exact) mass is 194 g/mol. The lowest BCUT2D eigenvalue weighted by Gasteiger charge is -2.12. The Labute approximate surface area is 85.5 Å². The quantitative estimate of drug-likeness (QED) is 0.798. The molecule has 0 bridgehead atoms. The molecule has 2 heteroatoms. The van der Waals surface area contributed by atoms with Gasteiger partial charge in [0.25, 0.3) is 0 Å². The minimum Gasteiger partial charge on any atom is -0.494 e. The molecule has 0 saturated carbocycles. The fraction of sp³-hybridized carbons (Fsp3) is 0.500. The molecule has 0 aliphatic carbocycles. The first-order valence-electron chi connectivity index (χ1n) is 5.12. The lowest BCUT2D eigenvalue weighted by molar-refractivity contribution is 0.198. The van der Waals surface area contributed by atoms with Crippen LogP contribution in [0.2, 0.25) is 0 Å². The first-order valence-corrected chi connectivity index (χ1v) is 5.12. The highest BCUT2D eigenvalue weighted by atomic mass is 16.5. The molecule has 0 saturated heterocycles. The first kappa shape index (κ1) is 11.1. The van der Waals surface area contributed by atoms with Crippen LogP contribution in [-0.2, 0) is 6.42 Å². The average Bonchev–Trinajstić information content (AvgIpc) is 2.17. The summed E-state index contributed by atoms with van der Waals surface area (Å²) in [5.41, 5.74) is 2.15. The van der Waals surface area contributed by atoms with Crippen molar-refractivity contribution in [3.05, 3.63) is 29.3 Å². The second-order valence-electron chi connectivity index (χ2n) is 3.32. The molecule has 1 atom stereocenters. The zero-order valence-corrected chi connectivity index (χ0v) is 9.08. The van der Waals surface area contributed by atoms with E-state index in [2.05, 4.69) is 6.92 Å². The van der Waals surface area contributed by atoms with Gasteiger partial charge in [-0.15, -0.1) is 0 Å². The fourth-order valence-corrected chi connectivity index (χ4v) is 1.55. The largest absolute Gasteiger partial charge is 0.494 e. The molecule has 0 heterocycles. The van der Waals surface area contributed by atoms with E-state index >= 15 is 0 Å². The number of hydrogen-bond acceptors (Lipinski definition) is 2. The van der Waals surface area contributed by atoms with Gasteiger partial charge in [0.05, 0.1) is 12.7 Å². The van der Waals surface area contributed by atoms with Crippen molar-refractivity contribution in [2.45, 2.75) is 33.3 Å². The van der Waals surface area contributed by atoms with Crippen molar-refractivity contribution in [3.63, 3.8) is 0 Å². The van der Waals surface area contributed by atoms with Crippen molar-refractivity contribution < 1.29 is 9.84 Å². The van der Waals surface area contributed by atoms with E-state index in [1.54, 1.807) is 6.92 Å². The molecule has 14 heavy (non-hydrogen) atoms. The number of aryl methyl sites for hydroxylation is 1. The number of aliphatic hydroxyl groups is 1. The van der Waals surface area contributed by atoms with Crippen LogP contribution in [0.5, 0.6) is 5.75 Å². The highest BCUT2D eigenvalue weighted by molar-refractivity contribution is 5.36. The minimum absolute atomic E-state index is 0.402. The van der Waals surface area contributed by atoms with Crippen LogP contribution in [0.25, 0.3) is 0 Å². The van der Waals surface area contributed by atoms with Crippen LogP contribution in [0.4, 0.5) is 0 Å². The van der Waals surface area contributed by atoms with Gasteiger partial charge in [-0.1, -0.05) is 13.0 Å². The Morgan fingerprint density at radius 1 is 1.36 bits per heavy atom. The Hall–Kier alpha value is -1.02. The van der Waals surface area contributed by atoms with Gasteiger partial charge < -0.3 is 9.84 Å². The van der Waals surface area contributed by atoms with Crippen LogP contribution in [0.3, 0.4) is 0 Å². The van der Waals surface area contributed by atoms with Crippen molar-refractivity contribution in [2.75, 3.05) is 6.61 Å². The predicted octanol–water partition coefficient (Wildman–Crippen LogP) is 2.70. The highest BCUT2D eigenvalue weighted by Crippen LogP contribution is 2.23. The maximum absolute atomic E-state index is 9.52. The predicted molar refractivity (Wildman–Crippen MR) is 57.6 cm³/mol.